The first-order valence-corrected chi connectivity index (χ1v) is 11.2. The Bertz CT molecular complexity index is 1050. The third-order valence-corrected chi connectivity index (χ3v) is 6.42. The molecular formula is C27H31NO3. The molecule has 0 bridgehead atoms. The molecule has 3 aromatic rings. The number of amides is 1. The van der Waals surface area contributed by atoms with Gasteiger partial charge in [-0.15, -0.1) is 0 Å². The fraction of sp³-hybridized carbons (Fsp3) is 0.370. The lowest BCUT2D eigenvalue weighted by atomic mass is 9.73. The van der Waals surface area contributed by atoms with E-state index >= 15 is 0 Å². The van der Waals surface area contributed by atoms with E-state index in [-0.39, 0.29) is 12.0 Å². The van der Waals surface area contributed by atoms with E-state index in [1.165, 1.54) is 5.56 Å². The summed E-state index contributed by atoms with van der Waals surface area (Å²) in [4.78, 5) is 13.7. The van der Waals surface area contributed by atoms with Crippen LogP contribution in [0, 0.1) is 6.92 Å². The molecule has 4 heteroatoms. The zero-order valence-electron chi connectivity index (χ0n) is 18.6. The Labute approximate surface area is 184 Å². The smallest absolute Gasteiger partial charge is 0.235 e. The van der Waals surface area contributed by atoms with Crippen molar-refractivity contribution in [1.82, 2.24) is 0 Å². The Balaban J connectivity index is 1.69. The fourth-order valence-electron chi connectivity index (χ4n) is 4.26. The van der Waals surface area contributed by atoms with Crippen molar-refractivity contribution in [1.29, 1.82) is 0 Å². The van der Waals surface area contributed by atoms with E-state index in [0.717, 1.165) is 34.2 Å². The molecule has 0 aliphatic carbocycles. The summed E-state index contributed by atoms with van der Waals surface area (Å²) in [7, 11) is 0. The van der Waals surface area contributed by atoms with Crippen LogP contribution < -0.4 is 10.1 Å². The van der Waals surface area contributed by atoms with Crippen LogP contribution >= 0.6 is 0 Å². The van der Waals surface area contributed by atoms with Crippen molar-refractivity contribution < 1.29 is 14.3 Å². The second-order valence-corrected chi connectivity index (χ2v) is 8.51. The first kappa shape index (κ1) is 21.4. The molecule has 1 amide bonds. The van der Waals surface area contributed by atoms with Crippen molar-refractivity contribution in [3.05, 3.63) is 71.8 Å². The SMILES string of the molecule is CC[C@H](C)Oc1ccc(NC(=O)C2(c3ccc(C)cc3)CCOCC2)c2ccccc12. The lowest BCUT2D eigenvalue weighted by Crippen LogP contribution is -2.44. The van der Waals surface area contributed by atoms with E-state index < -0.39 is 5.41 Å². The minimum absolute atomic E-state index is 0.0281. The van der Waals surface area contributed by atoms with Crippen molar-refractivity contribution in [2.24, 2.45) is 0 Å². The highest BCUT2D eigenvalue weighted by Crippen LogP contribution is 2.38. The van der Waals surface area contributed by atoms with Crippen molar-refractivity contribution in [3.8, 4) is 5.75 Å². The Morgan fingerprint density at radius 3 is 2.39 bits per heavy atom. The second-order valence-electron chi connectivity index (χ2n) is 8.51. The van der Waals surface area contributed by atoms with Crippen molar-refractivity contribution >= 4 is 22.4 Å². The van der Waals surface area contributed by atoms with Crippen LogP contribution in [-0.4, -0.2) is 25.2 Å². The zero-order chi connectivity index (χ0) is 21.8. The molecule has 0 radical (unpaired) electrons. The first-order valence-electron chi connectivity index (χ1n) is 11.2. The zero-order valence-corrected chi connectivity index (χ0v) is 18.6. The summed E-state index contributed by atoms with van der Waals surface area (Å²) in [6.45, 7) is 7.42. The molecular weight excluding hydrogens is 386 g/mol. The molecule has 1 fully saturated rings. The van der Waals surface area contributed by atoms with E-state index in [2.05, 4.69) is 50.4 Å². The van der Waals surface area contributed by atoms with Crippen LogP contribution in [0.25, 0.3) is 10.8 Å². The molecule has 0 saturated carbocycles. The summed E-state index contributed by atoms with van der Waals surface area (Å²) in [6, 6.07) is 20.3. The van der Waals surface area contributed by atoms with Gasteiger partial charge in [-0.3, -0.25) is 4.79 Å². The largest absolute Gasteiger partial charge is 0.490 e. The number of fused-ring (bicyclic) bond motifs is 1. The van der Waals surface area contributed by atoms with Crippen LogP contribution in [0.5, 0.6) is 5.75 Å². The molecule has 0 aromatic heterocycles. The number of nitrogens with one attached hydrogen (secondary N) is 1. The van der Waals surface area contributed by atoms with E-state index in [4.69, 9.17) is 9.47 Å². The van der Waals surface area contributed by atoms with E-state index in [1.807, 2.05) is 36.4 Å². The number of ether oxygens (including phenoxy) is 2. The highest BCUT2D eigenvalue weighted by atomic mass is 16.5. The number of anilines is 1. The Morgan fingerprint density at radius 1 is 1.03 bits per heavy atom. The highest BCUT2D eigenvalue weighted by Gasteiger charge is 2.41. The van der Waals surface area contributed by atoms with Crippen LogP contribution in [0.2, 0.25) is 0 Å². The number of carbonyl (C=O) groups is 1. The van der Waals surface area contributed by atoms with Gasteiger partial charge >= 0.3 is 0 Å². The molecule has 162 valence electrons. The number of aryl methyl sites for hydroxylation is 1. The fourth-order valence-corrected chi connectivity index (χ4v) is 4.26. The van der Waals surface area contributed by atoms with Crippen molar-refractivity contribution in [2.75, 3.05) is 18.5 Å². The van der Waals surface area contributed by atoms with E-state index in [1.54, 1.807) is 0 Å². The number of benzene rings is 3. The molecule has 1 heterocycles. The third-order valence-electron chi connectivity index (χ3n) is 6.42. The average molecular weight is 418 g/mol. The minimum Gasteiger partial charge on any atom is -0.490 e. The first-order chi connectivity index (χ1) is 15.0. The van der Waals surface area contributed by atoms with Gasteiger partial charge in [-0.1, -0.05) is 61.0 Å². The summed E-state index contributed by atoms with van der Waals surface area (Å²) >= 11 is 0. The predicted octanol–water partition coefficient (Wildman–Crippen LogP) is 6.01. The minimum atomic E-state index is -0.584. The number of hydrogen-bond donors (Lipinski definition) is 1. The second kappa shape index (κ2) is 9.11. The lowest BCUT2D eigenvalue weighted by Gasteiger charge is -2.36. The van der Waals surface area contributed by atoms with Gasteiger partial charge in [0.25, 0.3) is 0 Å². The van der Waals surface area contributed by atoms with Crippen LogP contribution in [0.15, 0.2) is 60.7 Å². The molecule has 1 N–H and O–H groups in total. The Kier molecular flexibility index (Phi) is 6.28. The molecule has 1 aliphatic rings. The maximum atomic E-state index is 13.7. The predicted molar refractivity (Wildman–Crippen MR) is 126 cm³/mol. The van der Waals surface area contributed by atoms with Gasteiger partial charge in [0.1, 0.15) is 5.75 Å². The maximum Gasteiger partial charge on any atom is 0.235 e. The molecule has 3 aromatic carbocycles. The molecule has 0 spiro atoms. The molecule has 4 nitrogen and oxygen atoms in total. The van der Waals surface area contributed by atoms with E-state index in [9.17, 15) is 4.79 Å². The lowest BCUT2D eigenvalue weighted by molar-refractivity contribution is -0.125. The molecule has 31 heavy (non-hydrogen) atoms. The monoisotopic (exact) mass is 417 g/mol. The maximum absolute atomic E-state index is 13.7. The van der Waals surface area contributed by atoms with Crippen LogP contribution in [-0.2, 0) is 14.9 Å². The summed E-state index contributed by atoms with van der Waals surface area (Å²) in [6.07, 6.45) is 2.42. The molecule has 4 rings (SSSR count). The summed E-state index contributed by atoms with van der Waals surface area (Å²) < 4.78 is 11.7. The number of carbonyl (C=O) groups excluding carboxylic acids is 1. The topological polar surface area (TPSA) is 47.6 Å². The number of hydrogen-bond acceptors (Lipinski definition) is 3. The quantitative estimate of drug-likeness (QED) is 0.534. The van der Waals surface area contributed by atoms with Crippen molar-refractivity contribution in [2.45, 2.75) is 51.6 Å². The van der Waals surface area contributed by atoms with Gasteiger partial charge < -0.3 is 14.8 Å². The van der Waals surface area contributed by atoms with Gasteiger partial charge in [-0.05, 0) is 50.8 Å². The summed E-state index contributed by atoms with van der Waals surface area (Å²) in [5, 5.41) is 5.25. The third kappa shape index (κ3) is 4.31. The van der Waals surface area contributed by atoms with Gasteiger partial charge in [0.15, 0.2) is 0 Å². The van der Waals surface area contributed by atoms with Crippen molar-refractivity contribution in [3.63, 3.8) is 0 Å². The Morgan fingerprint density at radius 2 is 1.71 bits per heavy atom. The van der Waals surface area contributed by atoms with Crippen LogP contribution in [0.1, 0.15) is 44.2 Å². The van der Waals surface area contributed by atoms with Crippen LogP contribution in [0.4, 0.5) is 5.69 Å². The molecule has 1 atom stereocenters. The van der Waals surface area contributed by atoms with E-state index in [0.29, 0.717) is 26.1 Å². The average Bonchev–Trinajstić information content (AvgIpc) is 2.81. The summed E-state index contributed by atoms with van der Waals surface area (Å²) in [5.41, 5.74) is 2.48. The number of rotatable bonds is 6. The van der Waals surface area contributed by atoms with Gasteiger partial charge in [0, 0.05) is 29.7 Å². The van der Waals surface area contributed by atoms with Gasteiger partial charge in [0.05, 0.1) is 11.5 Å². The van der Waals surface area contributed by atoms with Crippen LogP contribution in [0.3, 0.4) is 0 Å². The summed E-state index contributed by atoms with van der Waals surface area (Å²) in [5.74, 6) is 0.877. The Hall–Kier alpha value is -2.85. The van der Waals surface area contributed by atoms with Gasteiger partial charge in [-0.2, -0.15) is 0 Å². The standard InChI is InChI=1S/C27H31NO3/c1-4-20(3)31-25-14-13-24(22-7-5-6-8-23(22)25)28-26(29)27(15-17-30-18-16-27)21-11-9-19(2)10-12-21/h5-14,20H,4,15-18H2,1-3H3,(H,28,29)/t20-/m0/s1. The molecule has 0 unspecified atom stereocenters. The van der Waals surface area contributed by atoms with Gasteiger partial charge in [-0.25, -0.2) is 0 Å². The normalized spacial score (nSPS) is 16.6. The van der Waals surface area contributed by atoms with Gasteiger partial charge in [0.2, 0.25) is 5.91 Å². The molecule has 1 saturated heterocycles. The molecule has 1 aliphatic heterocycles. The highest BCUT2D eigenvalue weighted by molar-refractivity contribution is 6.07.